The Morgan fingerprint density at radius 2 is 2.05 bits per heavy atom. The average molecular weight is 310 g/mol. The van der Waals surface area contributed by atoms with E-state index in [1.54, 1.807) is 19.3 Å². The largest absolute Gasteiger partial charge is 0.390 e. The molecule has 3 nitrogen and oxygen atoms in total. The molecular weight excluding hydrogens is 291 g/mol. The second kappa shape index (κ2) is 7.13. The summed E-state index contributed by atoms with van der Waals surface area (Å²) in [6.07, 6.45) is -3.44. The number of aromatic nitrogens is 1. The molecular formula is C13H19ClF3N3. The van der Waals surface area contributed by atoms with E-state index in [1.807, 2.05) is 13.8 Å². The summed E-state index contributed by atoms with van der Waals surface area (Å²) in [7, 11) is 1.55. The van der Waals surface area contributed by atoms with Crippen LogP contribution in [0.4, 0.5) is 19.0 Å². The molecule has 114 valence electrons. The lowest BCUT2D eigenvalue weighted by Crippen LogP contribution is -2.25. The van der Waals surface area contributed by atoms with Gasteiger partial charge >= 0.3 is 6.18 Å². The molecule has 0 spiro atoms. The van der Waals surface area contributed by atoms with Crippen LogP contribution in [0.2, 0.25) is 5.02 Å². The van der Waals surface area contributed by atoms with Crippen molar-refractivity contribution in [1.82, 2.24) is 10.3 Å². The predicted molar refractivity (Wildman–Crippen MR) is 75.2 cm³/mol. The number of nitrogens with one attached hydrogen (secondary N) is 1. The molecule has 0 amide bonds. The van der Waals surface area contributed by atoms with Crippen LogP contribution in [0.3, 0.4) is 0 Å². The Morgan fingerprint density at radius 3 is 2.55 bits per heavy atom. The van der Waals surface area contributed by atoms with Crippen LogP contribution in [0.5, 0.6) is 0 Å². The Labute approximate surface area is 122 Å². The van der Waals surface area contributed by atoms with Crippen LogP contribution >= 0.6 is 11.6 Å². The van der Waals surface area contributed by atoms with Crippen LogP contribution < -0.4 is 10.2 Å². The lowest BCUT2D eigenvalue weighted by Gasteiger charge is -2.20. The minimum absolute atomic E-state index is 0.167. The summed E-state index contributed by atoms with van der Waals surface area (Å²) in [5.74, 6) is 0.365. The van der Waals surface area contributed by atoms with Crippen molar-refractivity contribution in [2.24, 2.45) is 0 Å². The summed E-state index contributed by atoms with van der Waals surface area (Å²) in [6.45, 7) is 4.50. The van der Waals surface area contributed by atoms with Gasteiger partial charge in [0.1, 0.15) is 5.82 Å². The smallest absolute Gasteiger partial charge is 0.358 e. The Kier molecular flexibility index (Phi) is 6.07. The number of hydrogen-bond acceptors (Lipinski definition) is 3. The van der Waals surface area contributed by atoms with Crippen molar-refractivity contribution in [2.75, 3.05) is 18.5 Å². The van der Waals surface area contributed by atoms with E-state index in [1.165, 1.54) is 4.90 Å². The molecule has 0 radical (unpaired) electrons. The van der Waals surface area contributed by atoms with Crippen molar-refractivity contribution in [3.05, 3.63) is 22.8 Å². The minimum Gasteiger partial charge on any atom is -0.358 e. The number of rotatable bonds is 6. The molecule has 0 aliphatic heterocycles. The van der Waals surface area contributed by atoms with Gasteiger partial charge < -0.3 is 10.2 Å². The van der Waals surface area contributed by atoms with E-state index in [-0.39, 0.29) is 6.54 Å². The van der Waals surface area contributed by atoms with E-state index in [9.17, 15) is 13.2 Å². The SMILES string of the molecule is CC(C)NCc1cnc(N(C)CCC(F)(F)F)c(Cl)c1. The number of pyridine rings is 1. The van der Waals surface area contributed by atoms with Crippen LogP contribution in [-0.2, 0) is 6.54 Å². The van der Waals surface area contributed by atoms with Crippen molar-refractivity contribution in [1.29, 1.82) is 0 Å². The lowest BCUT2D eigenvalue weighted by molar-refractivity contribution is -0.132. The Bertz CT molecular complexity index is 435. The third kappa shape index (κ3) is 5.96. The Morgan fingerprint density at radius 1 is 1.40 bits per heavy atom. The van der Waals surface area contributed by atoms with Gasteiger partial charge in [-0.05, 0) is 11.6 Å². The summed E-state index contributed by atoms with van der Waals surface area (Å²) in [4.78, 5) is 5.56. The molecule has 20 heavy (non-hydrogen) atoms. The maximum absolute atomic E-state index is 12.2. The first-order valence-corrected chi connectivity index (χ1v) is 6.72. The highest BCUT2D eigenvalue weighted by Crippen LogP contribution is 2.25. The van der Waals surface area contributed by atoms with Crippen molar-refractivity contribution < 1.29 is 13.2 Å². The number of halogens is 4. The van der Waals surface area contributed by atoms with Crippen molar-refractivity contribution in [3.63, 3.8) is 0 Å². The maximum atomic E-state index is 12.2. The van der Waals surface area contributed by atoms with Crippen LogP contribution in [-0.4, -0.2) is 30.8 Å². The fraction of sp³-hybridized carbons (Fsp3) is 0.615. The van der Waals surface area contributed by atoms with Crippen molar-refractivity contribution in [2.45, 2.75) is 39.0 Å². The van der Waals surface area contributed by atoms with E-state index in [4.69, 9.17) is 11.6 Å². The zero-order valence-electron chi connectivity index (χ0n) is 11.8. The van der Waals surface area contributed by atoms with Gasteiger partial charge in [0.15, 0.2) is 0 Å². The molecule has 1 N–H and O–H groups in total. The average Bonchev–Trinajstić information content (AvgIpc) is 2.32. The Hall–Kier alpha value is -1.01. The zero-order valence-corrected chi connectivity index (χ0v) is 12.5. The van der Waals surface area contributed by atoms with Crippen LogP contribution in [0.1, 0.15) is 25.8 Å². The highest BCUT2D eigenvalue weighted by molar-refractivity contribution is 6.33. The van der Waals surface area contributed by atoms with Crippen molar-refractivity contribution >= 4 is 17.4 Å². The molecule has 1 heterocycles. The molecule has 0 atom stereocenters. The van der Waals surface area contributed by atoms with E-state index in [0.29, 0.717) is 23.4 Å². The molecule has 1 aromatic heterocycles. The van der Waals surface area contributed by atoms with Crippen LogP contribution in [0, 0.1) is 0 Å². The molecule has 0 aromatic carbocycles. The van der Waals surface area contributed by atoms with Crippen molar-refractivity contribution in [3.8, 4) is 0 Å². The maximum Gasteiger partial charge on any atom is 0.390 e. The van der Waals surface area contributed by atoms with Gasteiger partial charge in [-0.2, -0.15) is 13.2 Å². The van der Waals surface area contributed by atoms with Crippen LogP contribution in [0.15, 0.2) is 12.3 Å². The zero-order chi connectivity index (χ0) is 15.3. The van der Waals surface area contributed by atoms with E-state index < -0.39 is 12.6 Å². The second-order valence-electron chi connectivity index (χ2n) is 4.97. The topological polar surface area (TPSA) is 28.2 Å². The summed E-state index contributed by atoms with van der Waals surface area (Å²) < 4.78 is 36.6. The van der Waals surface area contributed by atoms with Gasteiger partial charge in [0.25, 0.3) is 0 Å². The highest BCUT2D eigenvalue weighted by Gasteiger charge is 2.27. The standard InChI is InChI=1S/C13H19ClF3N3/c1-9(2)18-7-10-6-11(14)12(19-8-10)20(3)5-4-13(15,16)17/h6,8-9,18H,4-5,7H2,1-3H3. The van der Waals surface area contributed by atoms with Gasteiger partial charge in [0.05, 0.1) is 11.4 Å². The van der Waals surface area contributed by atoms with Gasteiger partial charge in [-0.15, -0.1) is 0 Å². The molecule has 1 rings (SSSR count). The number of nitrogens with zero attached hydrogens (tertiary/aromatic N) is 2. The van der Waals surface area contributed by atoms with Gasteiger partial charge in [-0.25, -0.2) is 4.98 Å². The summed E-state index contributed by atoms with van der Waals surface area (Å²) >= 11 is 6.08. The third-order valence-electron chi connectivity index (χ3n) is 2.69. The summed E-state index contributed by atoms with van der Waals surface area (Å²) in [5, 5.41) is 3.58. The number of hydrogen-bond donors (Lipinski definition) is 1. The first kappa shape index (κ1) is 17.0. The van der Waals surface area contributed by atoms with Crippen LogP contribution in [0.25, 0.3) is 0 Å². The monoisotopic (exact) mass is 309 g/mol. The molecule has 0 fully saturated rings. The minimum atomic E-state index is -4.18. The predicted octanol–water partition coefficient (Wildman–Crippen LogP) is 3.62. The first-order valence-electron chi connectivity index (χ1n) is 6.34. The second-order valence-corrected chi connectivity index (χ2v) is 5.38. The van der Waals surface area contributed by atoms with Gasteiger partial charge in [-0.1, -0.05) is 25.4 Å². The molecule has 1 aromatic rings. The normalized spacial score (nSPS) is 12.0. The Balaban J connectivity index is 2.67. The molecule has 0 unspecified atom stereocenters. The summed E-state index contributed by atoms with van der Waals surface area (Å²) in [5.41, 5.74) is 0.900. The van der Waals surface area contributed by atoms with E-state index in [2.05, 4.69) is 10.3 Å². The molecule has 7 heteroatoms. The third-order valence-corrected chi connectivity index (χ3v) is 2.96. The molecule has 0 aliphatic rings. The molecule has 0 saturated carbocycles. The van der Waals surface area contributed by atoms with Gasteiger partial charge in [0, 0.05) is 32.4 Å². The number of anilines is 1. The number of alkyl halides is 3. The molecule has 0 bridgehead atoms. The summed E-state index contributed by atoms with van der Waals surface area (Å²) in [6, 6.07) is 2.06. The fourth-order valence-corrected chi connectivity index (χ4v) is 1.90. The van der Waals surface area contributed by atoms with Gasteiger partial charge in [-0.3, -0.25) is 0 Å². The lowest BCUT2D eigenvalue weighted by atomic mass is 10.2. The fourth-order valence-electron chi connectivity index (χ4n) is 1.57. The highest BCUT2D eigenvalue weighted by atomic mass is 35.5. The van der Waals surface area contributed by atoms with E-state index in [0.717, 1.165) is 5.56 Å². The van der Waals surface area contributed by atoms with Gasteiger partial charge in [0.2, 0.25) is 0 Å². The first-order chi connectivity index (χ1) is 9.19. The van der Waals surface area contributed by atoms with E-state index >= 15 is 0 Å². The molecule has 0 saturated heterocycles. The quantitative estimate of drug-likeness (QED) is 0.870. The molecule has 0 aliphatic carbocycles.